The van der Waals surface area contributed by atoms with E-state index in [1.807, 2.05) is 0 Å². The van der Waals surface area contributed by atoms with Gasteiger partial charge in [0.15, 0.2) is 0 Å². The zero-order valence-corrected chi connectivity index (χ0v) is 14.8. The molecule has 0 aromatic rings. The second kappa shape index (κ2) is 6.55. The lowest BCUT2D eigenvalue weighted by Crippen LogP contribution is -2.53. The molecule has 2 fully saturated rings. The topological polar surface area (TPSA) is 35.5 Å². The Kier molecular flexibility index (Phi) is 5.38. The Morgan fingerprint density at radius 1 is 1.29 bits per heavy atom. The van der Waals surface area contributed by atoms with Gasteiger partial charge < -0.3 is 15.3 Å². The third-order valence-electron chi connectivity index (χ3n) is 6.05. The summed E-state index contributed by atoms with van der Waals surface area (Å²) in [6.45, 7) is 10.7. The van der Waals surface area contributed by atoms with Crippen LogP contribution in [0.1, 0.15) is 66.2 Å². The van der Waals surface area contributed by atoms with Crippen molar-refractivity contribution in [3.05, 3.63) is 0 Å². The maximum atomic E-state index is 9.99. The quantitative estimate of drug-likeness (QED) is 0.758. The lowest BCUT2D eigenvalue weighted by molar-refractivity contribution is 0.0939. The standard InChI is InChI=1S/C18H36N2O/c1-14(17(2,3)4)20(5)12-10-15-7-6-11-18(15,13-21)19-16-8-9-16/h14-16,19,21H,6-13H2,1-5H3. The first-order chi connectivity index (χ1) is 9.78. The van der Waals surface area contributed by atoms with Crippen LogP contribution in [0.4, 0.5) is 0 Å². The van der Waals surface area contributed by atoms with Crippen molar-refractivity contribution in [2.45, 2.75) is 83.8 Å². The molecule has 3 heteroatoms. The third kappa shape index (κ3) is 4.20. The molecule has 124 valence electrons. The highest BCUT2D eigenvalue weighted by Crippen LogP contribution is 2.40. The average Bonchev–Trinajstić information content (AvgIpc) is 3.13. The van der Waals surface area contributed by atoms with Gasteiger partial charge >= 0.3 is 0 Å². The summed E-state index contributed by atoms with van der Waals surface area (Å²) >= 11 is 0. The summed E-state index contributed by atoms with van der Waals surface area (Å²) in [7, 11) is 2.25. The number of aliphatic hydroxyl groups is 1. The van der Waals surface area contributed by atoms with E-state index < -0.39 is 0 Å². The molecule has 3 unspecified atom stereocenters. The Balaban J connectivity index is 1.88. The van der Waals surface area contributed by atoms with Crippen LogP contribution >= 0.6 is 0 Å². The zero-order valence-electron chi connectivity index (χ0n) is 14.8. The lowest BCUT2D eigenvalue weighted by Gasteiger charge is -2.39. The Bertz CT molecular complexity index is 335. The maximum Gasteiger partial charge on any atom is 0.0616 e. The third-order valence-corrected chi connectivity index (χ3v) is 6.05. The summed E-state index contributed by atoms with van der Waals surface area (Å²) in [6, 6.07) is 1.27. The Morgan fingerprint density at radius 3 is 2.48 bits per heavy atom. The van der Waals surface area contributed by atoms with Crippen molar-refractivity contribution < 1.29 is 5.11 Å². The molecule has 0 heterocycles. The van der Waals surface area contributed by atoms with Gasteiger partial charge in [0.2, 0.25) is 0 Å². The van der Waals surface area contributed by atoms with E-state index in [1.165, 1.54) is 32.1 Å². The molecule has 0 saturated heterocycles. The minimum Gasteiger partial charge on any atom is -0.394 e. The van der Waals surface area contributed by atoms with Crippen molar-refractivity contribution in [2.24, 2.45) is 11.3 Å². The largest absolute Gasteiger partial charge is 0.394 e. The highest BCUT2D eigenvalue weighted by atomic mass is 16.3. The smallest absolute Gasteiger partial charge is 0.0616 e. The predicted octanol–water partition coefficient (Wildman–Crippen LogP) is 3.03. The van der Waals surface area contributed by atoms with Gasteiger partial charge in [-0.25, -0.2) is 0 Å². The molecule has 0 aliphatic heterocycles. The fraction of sp³-hybridized carbons (Fsp3) is 1.00. The fourth-order valence-corrected chi connectivity index (χ4v) is 3.86. The first kappa shape index (κ1) is 17.2. The molecule has 21 heavy (non-hydrogen) atoms. The molecule has 2 rings (SSSR count). The summed E-state index contributed by atoms with van der Waals surface area (Å²) < 4.78 is 0. The molecular formula is C18H36N2O. The Hall–Kier alpha value is -0.120. The molecule has 0 bridgehead atoms. The number of rotatable bonds is 7. The van der Waals surface area contributed by atoms with Crippen LogP contribution in [0.15, 0.2) is 0 Å². The van der Waals surface area contributed by atoms with Crippen LogP contribution in [0.3, 0.4) is 0 Å². The van der Waals surface area contributed by atoms with Crippen LogP contribution < -0.4 is 5.32 Å². The molecule has 0 amide bonds. The lowest BCUT2D eigenvalue weighted by atomic mass is 9.83. The van der Waals surface area contributed by atoms with Gasteiger partial charge in [-0.05, 0) is 64.0 Å². The van der Waals surface area contributed by atoms with Crippen molar-refractivity contribution in [2.75, 3.05) is 20.2 Å². The van der Waals surface area contributed by atoms with Gasteiger partial charge in [0.1, 0.15) is 0 Å². The van der Waals surface area contributed by atoms with Crippen LogP contribution in [0.25, 0.3) is 0 Å². The molecule has 0 aromatic heterocycles. The van der Waals surface area contributed by atoms with Crippen LogP contribution in [0.5, 0.6) is 0 Å². The second-order valence-corrected chi connectivity index (χ2v) is 8.63. The van der Waals surface area contributed by atoms with Crippen molar-refractivity contribution in [3.63, 3.8) is 0 Å². The van der Waals surface area contributed by atoms with E-state index in [0.717, 1.165) is 13.0 Å². The van der Waals surface area contributed by atoms with Gasteiger partial charge in [0.25, 0.3) is 0 Å². The molecule has 2 aliphatic carbocycles. The summed E-state index contributed by atoms with van der Waals surface area (Å²) in [6.07, 6.45) is 7.51. The summed E-state index contributed by atoms with van der Waals surface area (Å²) in [5.41, 5.74) is 0.345. The van der Waals surface area contributed by atoms with Gasteiger partial charge in [-0.15, -0.1) is 0 Å². The molecule has 0 spiro atoms. The monoisotopic (exact) mass is 296 g/mol. The van der Waals surface area contributed by atoms with Crippen LogP contribution in [0, 0.1) is 11.3 Å². The second-order valence-electron chi connectivity index (χ2n) is 8.63. The number of aliphatic hydroxyl groups excluding tert-OH is 1. The number of hydrogen-bond acceptors (Lipinski definition) is 3. The van der Waals surface area contributed by atoms with Gasteiger partial charge in [-0.3, -0.25) is 0 Å². The van der Waals surface area contributed by atoms with Crippen molar-refractivity contribution >= 4 is 0 Å². The average molecular weight is 296 g/mol. The van der Waals surface area contributed by atoms with Crippen molar-refractivity contribution in [1.29, 1.82) is 0 Å². The predicted molar refractivity (Wildman–Crippen MR) is 89.5 cm³/mol. The molecule has 3 atom stereocenters. The van der Waals surface area contributed by atoms with Gasteiger partial charge in [-0.2, -0.15) is 0 Å². The van der Waals surface area contributed by atoms with E-state index >= 15 is 0 Å². The Labute approximate surface area is 131 Å². The molecule has 0 aromatic carbocycles. The molecule has 0 radical (unpaired) electrons. The number of nitrogens with one attached hydrogen (secondary N) is 1. The SMILES string of the molecule is CC(N(C)CCC1CCCC1(CO)NC1CC1)C(C)(C)C. The Morgan fingerprint density at radius 2 is 1.95 bits per heavy atom. The van der Waals surface area contributed by atoms with E-state index in [9.17, 15) is 5.11 Å². The minimum absolute atomic E-state index is 0.0208. The van der Waals surface area contributed by atoms with Crippen molar-refractivity contribution in [3.8, 4) is 0 Å². The van der Waals surface area contributed by atoms with E-state index in [2.05, 4.69) is 45.0 Å². The molecule has 2 aliphatic rings. The van der Waals surface area contributed by atoms with E-state index in [-0.39, 0.29) is 5.54 Å². The van der Waals surface area contributed by atoms with E-state index in [1.54, 1.807) is 0 Å². The summed E-state index contributed by atoms with van der Waals surface area (Å²) in [5.74, 6) is 0.637. The first-order valence-electron chi connectivity index (χ1n) is 8.87. The normalized spacial score (nSPS) is 31.9. The highest BCUT2D eigenvalue weighted by molar-refractivity contribution is 5.03. The van der Waals surface area contributed by atoms with Gasteiger partial charge in [0.05, 0.1) is 6.61 Å². The molecule has 3 nitrogen and oxygen atoms in total. The number of nitrogens with zero attached hydrogens (tertiary/aromatic N) is 1. The van der Waals surface area contributed by atoms with Crippen LogP contribution in [-0.4, -0.2) is 47.8 Å². The maximum absolute atomic E-state index is 9.99. The first-order valence-corrected chi connectivity index (χ1v) is 8.87. The summed E-state index contributed by atoms with van der Waals surface area (Å²) in [4.78, 5) is 2.50. The minimum atomic E-state index is 0.0208. The van der Waals surface area contributed by atoms with Gasteiger partial charge in [-0.1, -0.05) is 27.2 Å². The highest BCUT2D eigenvalue weighted by Gasteiger charge is 2.45. The zero-order chi connectivity index (χ0) is 15.7. The van der Waals surface area contributed by atoms with Crippen LogP contribution in [-0.2, 0) is 0 Å². The van der Waals surface area contributed by atoms with E-state index in [4.69, 9.17) is 0 Å². The molecular weight excluding hydrogens is 260 g/mol. The molecule has 2 saturated carbocycles. The fourth-order valence-electron chi connectivity index (χ4n) is 3.86. The number of hydrogen-bond donors (Lipinski definition) is 2. The summed E-state index contributed by atoms with van der Waals surface area (Å²) in [5, 5.41) is 13.8. The van der Waals surface area contributed by atoms with E-state index in [0.29, 0.717) is 30.0 Å². The van der Waals surface area contributed by atoms with Crippen molar-refractivity contribution in [1.82, 2.24) is 10.2 Å². The van der Waals surface area contributed by atoms with Gasteiger partial charge in [0, 0.05) is 17.6 Å². The van der Waals surface area contributed by atoms with Crippen LogP contribution in [0.2, 0.25) is 0 Å². The molecule has 2 N–H and O–H groups in total.